The highest BCUT2D eigenvalue weighted by Crippen LogP contribution is 2.52. The average Bonchev–Trinajstić information content (AvgIpc) is 3.28. The van der Waals surface area contributed by atoms with Gasteiger partial charge in [0.25, 0.3) is 0 Å². The van der Waals surface area contributed by atoms with E-state index >= 15 is 0 Å². The number of aromatic nitrogens is 2. The molecule has 1 atom stereocenters. The standard InChI is InChI=1S/C25H26N4O3/c1-15(2)14-28-21-10-5-16(3)11-19(21)25(24(28)31)12-22(30)27-23-20(25)13-26-29(23)17-6-8-18(32-4)9-7-17/h5-11,13,15H,12,14H2,1-4H3,(H,27,30)/t25-/m1/s1. The van der Waals surface area contributed by atoms with Crippen molar-refractivity contribution in [1.29, 1.82) is 0 Å². The fraction of sp³-hybridized carbons (Fsp3) is 0.320. The quantitative estimate of drug-likeness (QED) is 0.683. The molecular weight excluding hydrogens is 404 g/mol. The number of rotatable bonds is 4. The number of methoxy groups -OCH3 is 1. The largest absolute Gasteiger partial charge is 0.497 e. The van der Waals surface area contributed by atoms with Crippen LogP contribution < -0.4 is 15.0 Å². The van der Waals surface area contributed by atoms with Gasteiger partial charge in [0, 0.05) is 24.2 Å². The molecule has 7 nitrogen and oxygen atoms in total. The number of aryl methyl sites for hydroxylation is 1. The van der Waals surface area contributed by atoms with E-state index in [2.05, 4.69) is 24.3 Å². The third-order valence-corrected chi connectivity index (χ3v) is 6.29. The van der Waals surface area contributed by atoms with Gasteiger partial charge in [-0.2, -0.15) is 5.10 Å². The molecule has 0 saturated heterocycles. The summed E-state index contributed by atoms with van der Waals surface area (Å²) in [6.07, 6.45) is 1.79. The average molecular weight is 431 g/mol. The maximum Gasteiger partial charge on any atom is 0.242 e. The minimum Gasteiger partial charge on any atom is -0.497 e. The predicted octanol–water partition coefficient (Wildman–Crippen LogP) is 3.82. The molecule has 2 aliphatic rings. The smallest absolute Gasteiger partial charge is 0.242 e. The van der Waals surface area contributed by atoms with Crippen molar-refractivity contribution in [2.24, 2.45) is 5.92 Å². The molecule has 0 bridgehead atoms. The molecule has 0 unspecified atom stereocenters. The summed E-state index contributed by atoms with van der Waals surface area (Å²) < 4.78 is 6.93. The molecule has 2 aromatic carbocycles. The molecule has 3 heterocycles. The van der Waals surface area contributed by atoms with Gasteiger partial charge in [-0.25, -0.2) is 4.68 Å². The number of anilines is 2. The number of carbonyl (C=O) groups excluding carboxylic acids is 2. The van der Waals surface area contributed by atoms with Gasteiger partial charge in [-0.3, -0.25) is 9.59 Å². The van der Waals surface area contributed by atoms with Crippen molar-refractivity contribution in [3.63, 3.8) is 0 Å². The van der Waals surface area contributed by atoms with Gasteiger partial charge in [0.2, 0.25) is 11.8 Å². The minimum absolute atomic E-state index is 0.0582. The van der Waals surface area contributed by atoms with Crippen LogP contribution in [0.5, 0.6) is 5.75 Å². The van der Waals surface area contributed by atoms with Gasteiger partial charge in [-0.15, -0.1) is 0 Å². The van der Waals surface area contributed by atoms with Crippen LogP contribution in [0.15, 0.2) is 48.7 Å². The number of hydrogen-bond donors (Lipinski definition) is 1. The van der Waals surface area contributed by atoms with Crippen molar-refractivity contribution in [3.05, 3.63) is 65.4 Å². The predicted molar refractivity (Wildman–Crippen MR) is 123 cm³/mol. The molecule has 0 radical (unpaired) electrons. The number of benzene rings is 2. The molecule has 2 aliphatic heterocycles. The van der Waals surface area contributed by atoms with Crippen LogP contribution in [0.2, 0.25) is 0 Å². The van der Waals surface area contributed by atoms with Gasteiger partial charge in [0.1, 0.15) is 17.0 Å². The maximum atomic E-state index is 14.0. The van der Waals surface area contributed by atoms with Crippen LogP contribution in [0.25, 0.3) is 5.69 Å². The number of fused-ring (bicyclic) bond motifs is 4. The highest BCUT2D eigenvalue weighted by atomic mass is 16.5. The summed E-state index contributed by atoms with van der Waals surface area (Å²) in [5, 5.41) is 7.55. The molecule has 164 valence electrons. The van der Waals surface area contributed by atoms with E-state index in [9.17, 15) is 9.59 Å². The highest BCUT2D eigenvalue weighted by Gasteiger charge is 2.57. The van der Waals surface area contributed by atoms with Crippen LogP contribution >= 0.6 is 0 Å². The number of ether oxygens (including phenoxy) is 1. The van der Waals surface area contributed by atoms with Crippen molar-refractivity contribution < 1.29 is 14.3 Å². The van der Waals surface area contributed by atoms with E-state index < -0.39 is 5.41 Å². The normalized spacial score (nSPS) is 19.3. The van der Waals surface area contributed by atoms with Crippen LogP contribution in [0, 0.1) is 12.8 Å². The topological polar surface area (TPSA) is 76.5 Å². The van der Waals surface area contributed by atoms with Crippen LogP contribution in [0.3, 0.4) is 0 Å². The first kappa shape index (κ1) is 20.3. The Bertz CT molecular complexity index is 1230. The monoisotopic (exact) mass is 430 g/mol. The summed E-state index contributed by atoms with van der Waals surface area (Å²) >= 11 is 0. The van der Waals surface area contributed by atoms with Crippen molar-refractivity contribution in [2.45, 2.75) is 32.6 Å². The van der Waals surface area contributed by atoms with Crippen molar-refractivity contribution in [2.75, 3.05) is 23.9 Å². The number of nitrogens with one attached hydrogen (secondary N) is 1. The Hall–Kier alpha value is -3.61. The van der Waals surface area contributed by atoms with Gasteiger partial charge < -0.3 is 15.0 Å². The minimum atomic E-state index is -1.07. The second kappa shape index (κ2) is 7.22. The third-order valence-electron chi connectivity index (χ3n) is 6.29. The SMILES string of the molecule is COc1ccc(-n2ncc3c2NC(=O)C[C@]32C(=O)N(CC(C)C)c3ccc(C)cc32)cc1. The van der Waals surface area contributed by atoms with E-state index in [4.69, 9.17) is 4.74 Å². The Morgan fingerprint density at radius 2 is 1.88 bits per heavy atom. The number of hydrogen-bond acceptors (Lipinski definition) is 4. The maximum absolute atomic E-state index is 14.0. The van der Waals surface area contributed by atoms with Gasteiger partial charge in [-0.05, 0) is 48.7 Å². The summed E-state index contributed by atoms with van der Waals surface area (Å²) in [5.41, 5.74) is 3.26. The Balaban J connectivity index is 1.72. The van der Waals surface area contributed by atoms with Crippen molar-refractivity contribution in [3.8, 4) is 11.4 Å². The first-order chi connectivity index (χ1) is 15.3. The molecule has 0 saturated carbocycles. The second-order valence-corrected chi connectivity index (χ2v) is 8.98. The summed E-state index contributed by atoms with van der Waals surface area (Å²) in [6.45, 7) is 6.79. The summed E-state index contributed by atoms with van der Waals surface area (Å²) in [4.78, 5) is 28.9. The molecule has 1 N–H and O–H groups in total. The Morgan fingerprint density at radius 3 is 2.56 bits per heavy atom. The van der Waals surface area contributed by atoms with Crippen molar-refractivity contribution in [1.82, 2.24) is 9.78 Å². The van der Waals surface area contributed by atoms with E-state index in [1.807, 2.05) is 54.3 Å². The number of carbonyl (C=O) groups is 2. The zero-order valence-electron chi connectivity index (χ0n) is 18.7. The van der Waals surface area contributed by atoms with E-state index in [1.165, 1.54) is 0 Å². The molecule has 32 heavy (non-hydrogen) atoms. The summed E-state index contributed by atoms with van der Waals surface area (Å²) in [6, 6.07) is 13.5. The van der Waals surface area contributed by atoms with Gasteiger partial charge in [0.05, 0.1) is 19.0 Å². The molecule has 0 fully saturated rings. The van der Waals surface area contributed by atoms with E-state index in [1.54, 1.807) is 18.0 Å². The number of amides is 2. The molecule has 5 rings (SSSR count). The number of nitrogens with zero attached hydrogens (tertiary/aromatic N) is 3. The lowest BCUT2D eigenvalue weighted by Gasteiger charge is -2.33. The summed E-state index contributed by atoms with van der Waals surface area (Å²) in [7, 11) is 1.61. The van der Waals surface area contributed by atoms with E-state index in [-0.39, 0.29) is 18.2 Å². The fourth-order valence-corrected chi connectivity index (χ4v) is 4.87. The van der Waals surface area contributed by atoms with Crippen molar-refractivity contribution >= 4 is 23.3 Å². The Morgan fingerprint density at radius 1 is 1.12 bits per heavy atom. The second-order valence-electron chi connectivity index (χ2n) is 8.98. The lowest BCUT2D eigenvalue weighted by Crippen LogP contribution is -2.47. The van der Waals surface area contributed by atoms with E-state index in [0.29, 0.717) is 18.3 Å². The lowest BCUT2D eigenvalue weighted by molar-refractivity contribution is -0.126. The van der Waals surface area contributed by atoms with Gasteiger partial charge in [-0.1, -0.05) is 31.5 Å². The van der Waals surface area contributed by atoms with E-state index in [0.717, 1.165) is 33.8 Å². The zero-order valence-corrected chi connectivity index (χ0v) is 18.7. The van der Waals surface area contributed by atoms with Crippen LogP contribution in [-0.2, 0) is 15.0 Å². The highest BCUT2D eigenvalue weighted by molar-refractivity contribution is 6.15. The molecule has 3 aromatic rings. The van der Waals surface area contributed by atoms with Crippen LogP contribution in [0.4, 0.5) is 11.5 Å². The molecular formula is C25H26N4O3. The third kappa shape index (κ3) is 2.84. The Kier molecular flexibility index (Phi) is 4.58. The molecule has 1 spiro atoms. The zero-order chi connectivity index (χ0) is 22.6. The first-order valence-corrected chi connectivity index (χ1v) is 10.8. The molecule has 2 amide bonds. The first-order valence-electron chi connectivity index (χ1n) is 10.8. The lowest BCUT2D eigenvalue weighted by atomic mass is 9.71. The van der Waals surface area contributed by atoms with Gasteiger partial charge in [0.15, 0.2) is 0 Å². The summed E-state index contributed by atoms with van der Waals surface area (Å²) in [5.74, 6) is 1.31. The van der Waals surface area contributed by atoms with Crippen LogP contribution in [0.1, 0.15) is 37.0 Å². The molecule has 0 aliphatic carbocycles. The molecule has 7 heteroatoms. The van der Waals surface area contributed by atoms with Gasteiger partial charge >= 0.3 is 0 Å². The fourth-order valence-electron chi connectivity index (χ4n) is 4.87. The van der Waals surface area contributed by atoms with Crippen LogP contribution in [-0.4, -0.2) is 35.2 Å². The Labute approximate surface area is 187 Å². The molecule has 1 aromatic heterocycles.